The summed E-state index contributed by atoms with van der Waals surface area (Å²) in [6, 6.07) is 10.1. The number of ketones is 1. The van der Waals surface area contributed by atoms with Crippen molar-refractivity contribution >= 4 is 17.5 Å². The first-order valence-corrected chi connectivity index (χ1v) is 7.96. The van der Waals surface area contributed by atoms with Crippen molar-refractivity contribution in [3.8, 4) is 0 Å². The Morgan fingerprint density at radius 1 is 1.28 bits per heavy atom. The van der Waals surface area contributed by atoms with E-state index in [1.807, 2.05) is 42.1 Å². The molecule has 0 spiro atoms. The third-order valence-electron chi connectivity index (χ3n) is 3.61. The minimum absolute atomic E-state index is 0.365. The summed E-state index contributed by atoms with van der Waals surface area (Å²) in [6.07, 6.45) is 5.90. The molecule has 2 atom stereocenters. The average molecular weight is 262 g/mol. The van der Waals surface area contributed by atoms with Crippen LogP contribution in [0.2, 0.25) is 0 Å². The Morgan fingerprint density at radius 3 is 2.78 bits per heavy atom. The van der Waals surface area contributed by atoms with Crippen LogP contribution in [-0.2, 0) is 11.2 Å². The summed E-state index contributed by atoms with van der Waals surface area (Å²) in [4.78, 5) is 11.9. The molecular formula is C16H22OS. The first kappa shape index (κ1) is 13.7. The standard InChI is InChI=1S/C16H22OS/c1-13-6-5-9-16(10-13)18-12-15(17)11-14-7-3-2-4-8-14/h2-4,7-8,13,16H,5-6,9-12H2,1H3. The molecule has 0 bridgehead atoms. The Balaban J connectivity index is 1.71. The molecule has 1 aliphatic rings. The van der Waals surface area contributed by atoms with Crippen molar-refractivity contribution in [1.82, 2.24) is 0 Å². The molecule has 1 aromatic carbocycles. The van der Waals surface area contributed by atoms with Crippen molar-refractivity contribution in [2.75, 3.05) is 5.75 Å². The molecule has 0 heterocycles. The van der Waals surface area contributed by atoms with Gasteiger partial charge in [-0.1, -0.05) is 50.1 Å². The fourth-order valence-corrected chi connectivity index (χ4v) is 3.94. The normalized spacial score (nSPS) is 23.8. The van der Waals surface area contributed by atoms with E-state index in [-0.39, 0.29) is 0 Å². The minimum atomic E-state index is 0.365. The lowest BCUT2D eigenvalue weighted by Crippen LogP contribution is -2.17. The van der Waals surface area contributed by atoms with E-state index in [4.69, 9.17) is 0 Å². The first-order valence-electron chi connectivity index (χ1n) is 6.91. The van der Waals surface area contributed by atoms with Gasteiger partial charge in [0, 0.05) is 11.7 Å². The molecule has 0 radical (unpaired) electrons. The Labute approximate surface area is 114 Å². The van der Waals surface area contributed by atoms with Gasteiger partial charge in [-0.3, -0.25) is 4.79 Å². The molecule has 1 saturated carbocycles. The molecule has 2 unspecified atom stereocenters. The van der Waals surface area contributed by atoms with Crippen LogP contribution in [0, 0.1) is 5.92 Å². The third-order valence-corrected chi connectivity index (χ3v) is 5.00. The lowest BCUT2D eigenvalue weighted by Gasteiger charge is -2.25. The summed E-state index contributed by atoms with van der Waals surface area (Å²) in [5.74, 6) is 1.90. The highest BCUT2D eigenvalue weighted by molar-refractivity contribution is 8.00. The van der Waals surface area contributed by atoms with Crippen molar-refractivity contribution in [3.63, 3.8) is 0 Å². The van der Waals surface area contributed by atoms with Crippen molar-refractivity contribution in [2.24, 2.45) is 5.92 Å². The van der Waals surface area contributed by atoms with Crippen LogP contribution in [-0.4, -0.2) is 16.8 Å². The van der Waals surface area contributed by atoms with Crippen LogP contribution in [0.25, 0.3) is 0 Å². The molecule has 0 amide bonds. The number of carbonyl (C=O) groups excluding carboxylic acids is 1. The highest BCUT2D eigenvalue weighted by Gasteiger charge is 2.19. The Kier molecular flexibility index (Phi) is 5.30. The largest absolute Gasteiger partial charge is 0.298 e. The predicted molar refractivity (Wildman–Crippen MR) is 79.0 cm³/mol. The van der Waals surface area contributed by atoms with Gasteiger partial charge in [0.05, 0.1) is 5.75 Å². The maximum Gasteiger partial charge on any atom is 0.147 e. The molecule has 1 aromatic rings. The fourth-order valence-electron chi connectivity index (χ4n) is 2.62. The Morgan fingerprint density at radius 2 is 2.06 bits per heavy atom. The number of carbonyl (C=O) groups is 1. The van der Waals surface area contributed by atoms with Gasteiger partial charge in [-0.25, -0.2) is 0 Å². The number of hydrogen-bond donors (Lipinski definition) is 0. The van der Waals surface area contributed by atoms with E-state index < -0.39 is 0 Å². The van der Waals surface area contributed by atoms with Crippen LogP contribution < -0.4 is 0 Å². The van der Waals surface area contributed by atoms with E-state index in [1.54, 1.807) is 0 Å². The van der Waals surface area contributed by atoms with Crippen LogP contribution >= 0.6 is 11.8 Å². The molecule has 18 heavy (non-hydrogen) atoms. The first-order chi connectivity index (χ1) is 8.74. The number of rotatable bonds is 5. The van der Waals surface area contributed by atoms with Crippen molar-refractivity contribution < 1.29 is 4.79 Å². The topological polar surface area (TPSA) is 17.1 Å². The number of hydrogen-bond acceptors (Lipinski definition) is 2. The van der Waals surface area contributed by atoms with E-state index in [2.05, 4.69) is 6.92 Å². The van der Waals surface area contributed by atoms with Crippen LogP contribution in [0.5, 0.6) is 0 Å². The average Bonchev–Trinajstić information content (AvgIpc) is 2.38. The van der Waals surface area contributed by atoms with E-state index in [0.29, 0.717) is 23.2 Å². The molecule has 0 aromatic heterocycles. The highest BCUT2D eigenvalue weighted by atomic mass is 32.2. The van der Waals surface area contributed by atoms with Crippen LogP contribution in [0.15, 0.2) is 30.3 Å². The van der Waals surface area contributed by atoms with Gasteiger partial charge in [-0.2, -0.15) is 11.8 Å². The predicted octanol–water partition coefficient (Wildman–Crippen LogP) is 4.11. The van der Waals surface area contributed by atoms with Gasteiger partial charge in [0.2, 0.25) is 0 Å². The molecule has 1 aliphatic carbocycles. The van der Waals surface area contributed by atoms with Gasteiger partial charge in [0.1, 0.15) is 5.78 Å². The molecule has 0 N–H and O–H groups in total. The Bertz CT molecular complexity index is 374. The number of benzene rings is 1. The van der Waals surface area contributed by atoms with E-state index in [0.717, 1.165) is 11.5 Å². The maximum absolute atomic E-state index is 11.9. The second kappa shape index (κ2) is 6.98. The second-order valence-electron chi connectivity index (χ2n) is 5.41. The van der Waals surface area contributed by atoms with Crippen molar-refractivity contribution in [1.29, 1.82) is 0 Å². The number of thioether (sulfide) groups is 1. The van der Waals surface area contributed by atoms with Crippen molar-refractivity contribution in [3.05, 3.63) is 35.9 Å². The van der Waals surface area contributed by atoms with Crippen LogP contribution in [0.3, 0.4) is 0 Å². The Hall–Kier alpha value is -0.760. The molecule has 1 nitrogen and oxygen atoms in total. The maximum atomic E-state index is 11.9. The summed E-state index contributed by atoms with van der Waals surface area (Å²) in [5.41, 5.74) is 1.14. The SMILES string of the molecule is CC1CCCC(SCC(=O)Cc2ccccc2)C1. The molecule has 0 saturated heterocycles. The van der Waals surface area contributed by atoms with Crippen molar-refractivity contribution in [2.45, 2.75) is 44.3 Å². The molecule has 98 valence electrons. The zero-order chi connectivity index (χ0) is 12.8. The van der Waals surface area contributed by atoms with Crippen LogP contribution in [0.4, 0.5) is 0 Å². The van der Waals surface area contributed by atoms with Gasteiger partial charge >= 0.3 is 0 Å². The molecule has 2 heteroatoms. The quantitative estimate of drug-likeness (QED) is 0.794. The molecule has 0 aliphatic heterocycles. The lowest BCUT2D eigenvalue weighted by atomic mass is 9.91. The smallest absolute Gasteiger partial charge is 0.147 e. The lowest BCUT2D eigenvalue weighted by molar-refractivity contribution is -0.116. The third kappa shape index (κ3) is 4.49. The van der Waals surface area contributed by atoms with Gasteiger partial charge in [0.15, 0.2) is 0 Å². The minimum Gasteiger partial charge on any atom is -0.298 e. The van der Waals surface area contributed by atoms with Gasteiger partial charge in [-0.05, 0) is 24.3 Å². The molecule has 1 fully saturated rings. The monoisotopic (exact) mass is 262 g/mol. The highest BCUT2D eigenvalue weighted by Crippen LogP contribution is 2.31. The number of Topliss-reactive ketones (excluding diaryl/α,β-unsaturated/α-hetero) is 1. The van der Waals surface area contributed by atoms with Gasteiger partial charge < -0.3 is 0 Å². The van der Waals surface area contributed by atoms with E-state index in [9.17, 15) is 4.79 Å². The zero-order valence-electron chi connectivity index (χ0n) is 11.1. The van der Waals surface area contributed by atoms with Gasteiger partial charge in [-0.15, -0.1) is 0 Å². The fraction of sp³-hybridized carbons (Fsp3) is 0.562. The summed E-state index contributed by atoms with van der Waals surface area (Å²) < 4.78 is 0. The second-order valence-corrected chi connectivity index (χ2v) is 6.69. The van der Waals surface area contributed by atoms with Crippen LogP contribution in [0.1, 0.15) is 38.2 Å². The summed E-state index contributed by atoms with van der Waals surface area (Å²) in [6.45, 7) is 2.33. The van der Waals surface area contributed by atoms with E-state index >= 15 is 0 Å². The molecular weight excluding hydrogens is 240 g/mol. The summed E-state index contributed by atoms with van der Waals surface area (Å²) >= 11 is 1.88. The molecule has 2 rings (SSSR count). The summed E-state index contributed by atoms with van der Waals surface area (Å²) in [7, 11) is 0. The zero-order valence-corrected chi connectivity index (χ0v) is 11.9. The summed E-state index contributed by atoms with van der Waals surface area (Å²) in [5, 5.41) is 0.716. The van der Waals surface area contributed by atoms with E-state index in [1.165, 1.54) is 25.7 Å². The van der Waals surface area contributed by atoms with Gasteiger partial charge in [0.25, 0.3) is 0 Å².